The number of hydrogen-bond donors (Lipinski definition) is 2. The normalized spacial score (nSPS) is 10.9. The first kappa shape index (κ1) is 23.8. The Kier molecular flexibility index (Phi) is 7.27. The van der Waals surface area contributed by atoms with Crippen molar-refractivity contribution in [2.24, 2.45) is 5.10 Å². The topological polar surface area (TPSA) is 102 Å². The van der Waals surface area contributed by atoms with Crippen molar-refractivity contribution in [3.8, 4) is 11.5 Å². The molecule has 0 aliphatic rings. The number of methoxy groups -OCH3 is 1. The third-order valence-corrected chi connectivity index (χ3v) is 5.09. The zero-order valence-electron chi connectivity index (χ0n) is 18.4. The molecule has 0 bridgehead atoms. The zero-order chi connectivity index (χ0) is 24.8. The number of anilines is 1. The number of carbonyl (C=O) groups excluding carboxylic acids is 2. The van der Waals surface area contributed by atoms with Crippen LogP contribution in [0.4, 0.5) is 10.1 Å². The molecule has 0 unspecified atom stereocenters. The minimum absolute atomic E-state index is 0.0580. The first-order chi connectivity index (χ1) is 16.9. The van der Waals surface area contributed by atoms with E-state index in [2.05, 4.69) is 15.8 Å². The summed E-state index contributed by atoms with van der Waals surface area (Å²) in [5, 5.41) is 7.29. The number of nitrogens with zero attached hydrogens (tertiary/aromatic N) is 1. The van der Waals surface area contributed by atoms with Crippen LogP contribution in [0.2, 0.25) is 5.02 Å². The minimum Gasteiger partial charge on any atom is -0.493 e. The highest BCUT2D eigenvalue weighted by Crippen LogP contribution is 2.28. The predicted molar refractivity (Wildman–Crippen MR) is 130 cm³/mol. The Balaban J connectivity index is 1.33. The first-order valence-electron chi connectivity index (χ1n) is 10.3. The second-order valence-electron chi connectivity index (χ2n) is 7.19. The first-order valence-corrected chi connectivity index (χ1v) is 10.7. The average molecular weight is 496 g/mol. The fourth-order valence-corrected chi connectivity index (χ4v) is 3.38. The number of fused-ring (bicyclic) bond motifs is 1. The number of furan rings is 1. The third kappa shape index (κ3) is 5.77. The number of hydrogen-bond acceptors (Lipinski definition) is 6. The van der Waals surface area contributed by atoms with E-state index in [9.17, 15) is 14.0 Å². The summed E-state index contributed by atoms with van der Waals surface area (Å²) >= 11 is 6.22. The van der Waals surface area contributed by atoms with E-state index >= 15 is 0 Å². The second-order valence-corrected chi connectivity index (χ2v) is 7.60. The largest absolute Gasteiger partial charge is 0.493 e. The molecule has 2 amide bonds. The van der Waals surface area contributed by atoms with Crippen molar-refractivity contribution in [1.29, 1.82) is 0 Å². The molecule has 4 aromatic rings. The molecule has 1 heterocycles. The summed E-state index contributed by atoms with van der Waals surface area (Å²) in [6.07, 6.45) is 1.39. The van der Waals surface area contributed by atoms with E-state index in [-0.39, 0.29) is 28.8 Å². The Morgan fingerprint density at radius 2 is 1.91 bits per heavy atom. The van der Waals surface area contributed by atoms with Crippen LogP contribution in [0.15, 0.2) is 76.2 Å². The highest BCUT2D eigenvalue weighted by molar-refractivity contribution is 6.32. The Bertz CT molecular complexity index is 1420. The highest BCUT2D eigenvalue weighted by atomic mass is 35.5. The van der Waals surface area contributed by atoms with Crippen molar-refractivity contribution in [3.63, 3.8) is 0 Å². The van der Waals surface area contributed by atoms with Crippen LogP contribution in [0.1, 0.15) is 16.1 Å². The number of ether oxygens (including phenoxy) is 2. The number of para-hydroxylation sites is 2. The van der Waals surface area contributed by atoms with Crippen molar-refractivity contribution in [3.05, 3.63) is 88.9 Å². The number of hydrazone groups is 1. The molecule has 0 radical (unpaired) electrons. The fourth-order valence-electron chi connectivity index (χ4n) is 3.14. The minimum atomic E-state index is -0.547. The zero-order valence-corrected chi connectivity index (χ0v) is 19.1. The molecule has 0 atom stereocenters. The Labute approximate surface area is 204 Å². The molecule has 2 N–H and O–H groups in total. The molecular formula is C25H19ClFN3O5. The molecule has 35 heavy (non-hydrogen) atoms. The summed E-state index contributed by atoms with van der Waals surface area (Å²) in [5.74, 6) is -0.764. The van der Waals surface area contributed by atoms with Crippen molar-refractivity contribution in [1.82, 2.24) is 5.43 Å². The van der Waals surface area contributed by atoms with Crippen LogP contribution < -0.4 is 20.2 Å². The van der Waals surface area contributed by atoms with Gasteiger partial charge in [-0.15, -0.1) is 0 Å². The number of halogens is 2. The lowest BCUT2D eigenvalue weighted by atomic mass is 10.2. The summed E-state index contributed by atoms with van der Waals surface area (Å²) in [4.78, 5) is 24.4. The van der Waals surface area contributed by atoms with Gasteiger partial charge in [0.15, 0.2) is 23.7 Å². The lowest BCUT2D eigenvalue weighted by Gasteiger charge is -2.09. The molecule has 10 heteroatoms. The van der Waals surface area contributed by atoms with Crippen LogP contribution in [0.25, 0.3) is 11.0 Å². The van der Waals surface area contributed by atoms with Gasteiger partial charge in [-0.3, -0.25) is 9.59 Å². The van der Waals surface area contributed by atoms with Gasteiger partial charge in [0.25, 0.3) is 5.91 Å². The molecule has 1 aromatic heterocycles. The maximum absolute atomic E-state index is 13.6. The van der Waals surface area contributed by atoms with E-state index in [1.165, 1.54) is 31.5 Å². The summed E-state index contributed by atoms with van der Waals surface area (Å²) in [5.41, 5.74) is 3.48. The lowest BCUT2D eigenvalue weighted by Crippen LogP contribution is -2.20. The van der Waals surface area contributed by atoms with E-state index in [1.54, 1.807) is 48.5 Å². The number of rotatable bonds is 8. The Hall–Kier alpha value is -4.37. The second kappa shape index (κ2) is 10.7. The van der Waals surface area contributed by atoms with Crippen molar-refractivity contribution >= 4 is 46.3 Å². The van der Waals surface area contributed by atoms with Crippen molar-refractivity contribution < 1.29 is 27.9 Å². The van der Waals surface area contributed by atoms with Gasteiger partial charge in [0, 0.05) is 5.39 Å². The Morgan fingerprint density at radius 1 is 1.09 bits per heavy atom. The molecule has 0 saturated heterocycles. The molecule has 0 fully saturated rings. The van der Waals surface area contributed by atoms with Crippen LogP contribution in [0, 0.1) is 5.82 Å². The predicted octanol–water partition coefficient (Wildman–Crippen LogP) is 5.02. The van der Waals surface area contributed by atoms with E-state index in [4.69, 9.17) is 25.5 Å². The molecule has 3 aromatic carbocycles. The van der Waals surface area contributed by atoms with Gasteiger partial charge in [-0.1, -0.05) is 35.9 Å². The van der Waals surface area contributed by atoms with E-state index in [1.807, 2.05) is 0 Å². The number of carbonyl (C=O) groups is 2. The van der Waals surface area contributed by atoms with Crippen LogP contribution >= 0.6 is 11.6 Å². The van der Waals surface area contributed by atoms with Gasteiger partial charge in [-0.05, 0) is 48.0 Å². The summed E-state index contributed by atoms with van der Waals surface area (Å²) in [7, 11) is 1.52. The third-order valence-electron chi connectivity index (χ3n) is 4.79. The molecule has 178 valence electrons. The highest BCUT2D eigenvalue weighted by Gasteiger charge is 2.14. The van der Waals surface area contributed by atoms with Crippen LogP contribution in [0.3, 0.4) is 0 Å². The Morgan fingerprint density at radius 3 is 2.69 bits per heavy atom. The van der Waals surface area contributed by atoms with E-state index in [0.29, 0.717) is 16.9 Å². The van der Waals surface area contributed by atoms with E-state index in [0.717, 1.165) is 5.39 Å². The van der Waals surface area contributed by atoms with Gasteiger partial charge < -0.3 is 19.2 Å². The molecule has 4 rings (SSSR count). The van der Waals surface area contributed by atoms with Gasteiger partial charge in [-0.25, -0.2) is 9.82 Å². The molecule has 0 aliphatic heterocycles. The van der Waals surface area contributed by atoms with Gasteiger partial charge in [-0.2, -0.15) is 5.10 Å². The monoisotopic (exact) mass is 495 g/mol. The van der Waals surface area contributed by atoms with Gasteiger partial charge >= 0.3 is 5.91 Å². The SMILES string of the molecule is COc1cccc2cc(C(=O)N/N=C\c3ccc(OCC(=O)Nc4ccccc4F)c(Cl)c3)oc12. The summed E-state index contributed by atoms with van der Waals surface area (Å²) in [6, 6.07) is 17.5. The molecule has 0 saturated carbocycles. The summed E-state index contributed by atoms with van der Waals surface area (Å²) in [6.45, 7) is -0.361. The quantitative estimate of drug-likeness (QED) is 0.264. The van der Waals surface area contributed by atoms with Crippen LogP contribution in [-0.2, 0) is 4.79 Å². The average Bonchev–Trinajstić information content (AvgIpc) is 3.30. The number of nitrogens with one attached hydrogen (secondary N) is 2. The standard InChI is InChI=1S/C25H19ClFN3O5/c1-33-21-8-4-5-16-12-22(35-24(16)21)25(32)30-28-13-15-9-10-20(17(26)11-15)34-14-23(31)29-19-7-3-2-6-18(19)27/h2-13H,14H2,1H3,(H,29,31)(H,30,32)/b28-13-. The lowest BCUT2D eigenvalue weighted by molar-refractivity contribution is -0.118. The number of amides is 2. The van der Waals surface area contributed by atoms with Crippen LogP contribution in [0.5, 0.6) is 11.5 Å². The molecule has 0 spiro atoms. The smallest absolute Gasteiger partial charge is 0.307 e. The van der Waals surface area contributed by atoms with Gasteiger partial charge in [0.2, 0.25) is 0 Å². The van der Waals surface area contributed by atoms with Gasteiger partial charge in [0.05, 0.1) is 24.0 Å². The maximum Gasteiger partial charge on any atom is 0.307 e. The number of benzene rings is 3. The molecule has 8 nitrogen and oxygen atoms in total. The maximum atomic E-state index is 13.6. The fraction of sp³-hybridized carbons (Fsp3) is 0.0800. The van der Waals surface area contributed by atoms with Gasteiger partial charge in [0.1, 0.15) is 11.6 Å². The van der Waals surface area contributed by atoms with Crippen LogP contribution in [-0.4, -0.2) is 31.7 Å². The van der Waals surface area contributed by atoms with E-state index < -0.39 is 17.6 Å². The summed E-state index contributed by atoms with van der Waals surface area (Å²) < 4.78 is 29.8. The molecule has 0 aliphatic carbocycles. The van der Waals surface area contributed by atoms with Crippen molar-refractivity contribution in [2.45, 2.75) is 0 Å². The molecular weight excluding hydrogens is 477 g/mol. The van der Waals surface area contributed by atoms with Crippen molar-refractivity contribution in [2.75, 3.05) is 19.0 Å².